The van der Waals surface area contributed by atoms with Gasteiger partial charge in [-0.05, 0) is 108 Å². The maximum absolute atomic E-state index is 12.1. The fourth-order valence-corrected chi connectivity index (χ4v) is 9.51. The van der Waals surface area contributed by atoms with Crippen LogP contribution in [0.1, 0.15) is 70.1 Å². The molecule has 83 heavy (non-hydrogen) atoms. The van der Waals surface area contributed by atoms with Crippen LogP contribution in [0, 0.1) is 10.5 Å². The lowest BCUT2D eigenvalue weighted by Gasteiger charge is -2.05. The maximum Gasteiger partial charge on any atom is 0.370 e. The fraction of sp³-hybridized carbons (Fsp3) is 0.304. The minimum atomic E-state index is -0.412. The molecule has 1 saturated carbocycles. The summed E-state index contributed by atoms with van der Waals surface area (Å²) >= 11 is 7.04. The Morgan fingerprint density at radius 3 is 1.24 bits per heavy atom. The second kappa shape index (κ2) is 25.9. The SMILES string of the molecule is [3H]c1csc(OCc2c(C)coc2-n2nnn(C)c2=O)n1.[3H]c1csc(OCc2c(C3CC3)coc2-n2nnn(C)c2=O)n1.[3H]c1csc(OCc2c(CC)coc2-n2nnn(C)c2=O)n1.[3H]c1csc(OCc2c(I)coc2-n2nnn(C)c2=O)n1. The number of nitrogens with zero attached hydrogens (tertiary/aromatic N) is 20. The average molecular weight is 1330 g/mol. The van der Waals surface area contributed by atoms with Crippen molar-refractivity contribution in [2.24, 2.45) is 28.2 Å². The van der Waals surface area contributed by atoms with Crippen molar-refractivity contribution in [1.82, 2.24) is 99.1 Å². The normalized spacial score (nSPS) is 12.5. The van der Waals surface area contributed by atoms with Crippen molar-refractivity contribution in [3.8, 4) is 44.3 Å². The Bertz CT molecular complexity index is 4420. The van der Waals surface area contributed by atoms with Crippen LogP contribution < -0.4 is 41.7 Å². The first-order valence-electron chi connectivity index (χ1n) is 26.0. The highest BCUT2D eigenvalue weighted by Gasteiger charge is 2.32. The molecular weight excluding hydrogens is 1280 g/mol. The quantitative estimate of drug-likeness (QED) is 0.105. The highest BCUT2D eigenvalue weighted by molar-refractivity contribution is 14.1. The summed E-state index contributed by atoms with van der Waals surface area (Å²) in [5.74, 6) is 1.58. The van der Waals surface area contributed by atoms with Gasteiger partial charge in [0.05, 0.1) is 50.1 Å². The lowest BCUT2D eigenvalue weighted by atomic mass is 10.1. The molecule has 12 heterocycles. The molecule has 1 aliphatic rings. The molecule has 12 aromatic heterocycles. The van der Waals surface area contributed by atoms with E-state index in [1.165, 1.54) is 86.1 Å². The van der Waals surface area contributed by atoms with Gasteiger partial charge < -0.3 is 36.6 Å². The molecule has 1 fully saturated rings. The van der Waals surface area contributed by atoms with E-state index >= 15 is 0 Å². The topological polar surface area (TPSA) is 352 Å². The number of thiazole rings is 4. The Hall–Kier alpha value is -8.95. The molecule has 0 atom stereocenters. The molecule has 0 aliphatic heterocycles. The first-order valence-corrected chi connectivity index (χ1v) is 28.6. The van der Waals surface area contributed by atoms with Gasteiger partial charge in [0.1, 0.15) is 32.7 Å². The molecule has 12 aromatic rings. The number of hydrogen-bond donors (Lipinski definition) is 0. The van der Waals surface area contributed by atoms with E-state index in [1.807, 2.05) is 13.8 Å². The number of hydrogen-bond acceptors (Lipinski definition) is 28. The molecule has 13 rings (SSSR count). The number of aryl methyl sites for hydroxylation is 6. The van der Waals surface area contributed by atoms with Crippen LogP contribution in [0.3, 0.4) is 0 Å². The van der Waals surface area contributed by atoms with Gasteiger partial charge >= 0.3 is 22.8 Å². The maximum atomic E-state index is 12.1. The van der Waals surface area contributed by atoms with Gasteiger partial charge in [-0.15, -0.1) is 18.7 Å². The smallest absolute Gasteiger partial charge is 0.370 e. The highest BCUT2D eigenvalue weighted by atomic mass is 127. The highest BCUT2D eigenvalue weighted by Crippen LogP contribution is 2.44. The summed E-state index contributed by atoms with van der Waals surface area (Å²) in [6, 6.07) is 0. The van der Waals surface area contributed by atoms with Crippen LogP contribution in [0.2, 0.25) is 0 Å². The Kier molecular flexibility index (Phi) is 16.3. The predicted molar refractivity (Wildman–Crippen MR) is 300 cm³/mol. The van der Waals surface area contributed by atoms with Crippen molar-refractivity contribution < 1.29 is 42.1 Å². The molecule has 0 amide bonds. The lowest BCUT2D eigenvalue weighted by molar-refractivity contribution is 0.300. The van der Waals surface area contributed by atoms with Crippen molar-refractivity contribution in [2.45, 2.75) is 65.5 Å². The summed E-state index contributed by atoms with van der Waals surface area (Å²) in [5.41, 5.74) is 3.99. The Labute approximate surface area is 500 Å². The van der Waals surface area contributed by atoms with E-state index < -0.39 is 17.1 Å². The summed E-state index contributed by atoms with van der Waals surface area (Å²) in [5, 5.41) is 37.7. The zero-order chi connectivity index (χ0) is 61.6. The van der Waals surface area contributed by atoms with Crippen LogP contribution in [-0.4, -0.2) is 99.1 Å². The third-order valence-corrected chi connectivity index (χ3v) is 15.1. The van der Waals surface area contributed by atoms with Crippen molar-refractivity contribution in [1.29, 1.82) is 0 Å². The second-order valence-electron chi connectivity index (χ2n) is 17.0. The number of furan rings is 4. The van der Waals surface area contributed by atoms with Gasteiger partial charge in [-0.25, -0.2) is 39.1 Å². The summed E-state index contributed by atoms with van der Waals surface area (Å²) in [4.78, 5) is 63.4. The number of rotatable bonds is 18. The minimum Gasteiger partial charge on any atom is -0.465 e. The first-order chi connectivity index (χ1) is 41.8. The molecule has 432 valence electrons. The van der Waals surface area contributed by atoms with Gasteiger partial charge in [-0.2, -0.15) is 18.7 Å². The first kappa shape index (κ1) is 52.1. The fourth-order valence-electron chi connectivity index (χ4n) is 7.24. The Balaban J connectivity index is 0.000000129. The van der Waals surface area contributed by atoms with Crippen LogP contribution in [0.15, 0.2) is 108 Å². The molecule has 0 radical (unpaired) electrons. The van der Waals surface area contributed by atoms with E-state index in [1.54, 1.807) is 34.0 Å². The van der Waals surface area contributed by atoms with Crippen LogP contribution in [0.5, 0.6) is 20.8 Å². The largest absolute Gasteiger partial charge is 0.465 e. The monoisotopic (exact) mass is 1330 g/mol. The molecule has 1 aliphatic carbocycles. The van der Waals surface area contributed by atoms with E-state index in [-0.39, 0.29) is 74.5 Å². The van der Waals surface area contributed by atoms with Gasteiger partial charge in [0.25, 0.3) is 20.8 Å². The lowest BCUT2D eigenvalue weighted by Crippen LogP contribution is -2.22. The van der Waals surface area contributed by atoms with E-state index in [0.29, 0.717) is 49.3 Å². The van der Waals surface area contributed by atoms with Crippen LogP contribution in [0.4, 0.5) is 0 Å². The van der Waals surface area contributed by atoms with Crippen molar-refractivity contribution in [3.05, 3.63) is 156 Å². The average Bonchev–Trinajstić information content (AvgIpc) is 1.84. The molecule has 0 N–H and O–H groups in total. The van der Waals surface area contributed by atoms with E-state index in [9.17, 15) is 19.2 Å². The predicted octanol–water partition coefficient (Wildman–Crippen LogP) is 4.73. The number of tetrazole rings is 4. The molecule has 0 aromatic carbocycles. The molecular formula is C46H45IN20O12S4. The van der Waals surface area contributed by atoms with Gasteiger partial charge in [0.15, 0.2) is 0 Å². The van der Waals surface area contributed by atoms with Gasteiger partial charge in [0, 0.05) is 80.0 Å². The van der Waals surface area contributed by atoms with E-state index in [4.69, 9.17) is 42.1 Å². The molecule has 0 spiro atoms. The standard InChI is InChI=1S/C13H13N5O3S.C12H13N5O3S.C11H11N5O3S.C10H8IN5O3S/c1-17-13(19)18(16-15-17)11-10(7-21-12-14-4-5-22-12)9(6-20-11)8-2-3-8;1-3-8-6-19-10(17-12(18)16(2)14-15-17)9(8)7-20-11-13-4-5-21-11;1-7-5-18-9(16-11(17)15(2)13-14-16)8(7)6-19-10-12-3-4-20-10;1-15-10(17)16(14-13-15)8-6(7(11)5-18-8)4-19-9-12-2-3-20-9/h4-6,8H,2-3,7H2,1H3;4-6H,3,7H2,1-2H3;3-5H,6H2,1-2H3;2-3,5H,4H2,1H3/i2*4T;3T;2T. The van der Waals surface area contributed by atoms with Crippen molar-refractivity contribution in [3.63, 3.8) is 0 Å². The number of aromatic nitrogens is 20. The third-order valence-electron chi connectivity index (χ3n) is 11.7. The van der Waals surface area contributed by atoms with E-state index in [0.717, 1.165) is 82.5 Å². The molecule has 0 unspecified atom stereocenters. The number of ether oxygens (including phenoxy) is 4. The zero-order valence-corrected chi connectivity index (χ0v) is 49.4. The molecule has 32 nitrogen and oxygen atoms in total. The van der Waals surface area contributed by atoms with Gasteiger partial charge in [-0.3, -0.25) is 0 Å². The Morgan fingerprint density at radius 2 is 0.855 bits per heavy atom. The molecule has 0 bridgehead atoms. The summed E-state index contributed by atoms with van der Waals surface area (Å²) in [6.45, 7) is 4.50. The van der Waals surface area contributed by atoms with E-state index in [2.05, 4.69) is 84.2 Å². The van der Waals surface area contributed by atoms with Crippen LogP contribution >= 0.6 is 67.9 Å². The van der Waals surface area contributed by atoms with Gasteiger partial charge in [-0.1, -0.05) is 52.3 Å². The molecule has 37 heteroatoms. The molecule has 0 saturated heterocycles. The summed E-state index contributed by atoms with van der Waals surface area (Å²) < 4.78 is 83.2. The minimum absolute atomic E-state index is 0.153. The Morgan fingerprint density at radius 1 is 0.506 bits per heavy atom. The van der Waals surface area contributed by atoms with Crippen LogP contribution in [0.25, 0.3) is 23.5 Å². The van der Waals surface area contributed by atoms with Crippen molar-refractivity contribution >= 4 is 67.9 Å². The van der Waals surface area contributed by atoms with Gasteiger partial charge in [0.2, 0.25) is 23.5 Å². The zero-order valence-electron chi connectivity index (χ0n) is 48.0. The number of halogens is 1. The summed E-state index contributed by atoms with van der Waals surface area (Å²) in [7, 11) is 6.04. The van der Waals surface area contributed by atoms with Crippen molar-refractivity contribution in [2.75, 3.05) is 0 Å². The second-order valence-corrected chi connectivity index (χ2v) is 21.5. The van der Waals surface area contributed by atoms with Crippen LogP contribution in [-0.2, 0) is 61.0 Å². The summed E-state index contributed by atoms with van der Waals surface area (Å²) in [6.07, 6.45) is 9.81. The third kappa shape index (κ3) is 13.1.